The molecule has 0 aliphatic carbocycles. The van der Waals surface area contributed by atoms with E-state index >= 15 is 0 Å². The Balaban J connectivity index is 2.51. The molecule has 2 aromatic rings. The van der Waals surface area contributed by atoms with Crippen molar-refractivity contribution < 1.29 is 0 Å². The third-order valence-corrected chi connectivity index (χ3v) is 3.10. The molecule has 3 nitrogen and oxygen atoms in total. The van der Waals surface area contributed by atoms with Crippen molar-refractivity contribution in [2.24, 2.45) is 0 Å². The highest BCUT2D eigenvalue weighted by molar-refractivity contribution is 6.30. The highest BCUT2D eigenvalue weighted by atomic mass is 35.5. The van der Waals surface area contributed by atoms with E-state index in [1.807, 2.05) is 31.2 Å². The van der Waals surface area contributed by atoms with Gasteiger partial charge >= 0.3 is 0 Å². The number of benzene rings is 1. The average molecular weight is 262 g/mol. The zero-order chi connectivity index (χ0) is 13.3. The lowest BCUT2D eigenvalue weighted by atomic mass is 10.0. The average Bonchev–Trinajstić information content (AvgIpc) is 2.28. The van der Waals surface area contributed by atoms with Gasteiger partial charge in [0, 0.05) is 21.8 Å². The smallest absolute Gasteiger partial charge is 0.161 e. The Morgan fingerprint density at radius 2 is 1.72 bits per heavy atom. The second-order valence-corrected chi connectivity index (χ2v) is 5.03. The number of rotatable bonds is 2. The molecule has 0 spiro atoms. The maximum Gasteiger partial charge on any atom is 0.161 e. The molecule has 0 fully saturated rings. The zero-order valence-electron chi connectivity index (χ0n) is 10.7. The van der Waals surface area contributed by atoms with Gasteiger partial charge in [-0.25, -0.2) is 9.97 Å². The number of nitrogens with zero attached hydrogens (tertiary/aromatic N) is 2. The van der Waals surface area contributed by atoms with Crippen LogP contribution in [0.25, 0.3) is 11.4 Å². The van der Waals surface area contributed by atoms with Crippen molar-refractivity contribution in [3.8, 4) is 11.4 Å². The van der Waals surface area contributed by atoms with Gasteiger partial charge in [-0.3, -0.25) is 0 Å². The monoisotopic (exact) mass is 261 g/mol. The molecular formula is C14H16ClN3. The van der Waals surface area contributed by atoms with Crippen LogP contribution in [0.2, 0.25) is 5.02 Å². The number of nitrogens with two attached hydrogens (primary N) is 1. The van der Waals surface area contributed by atoms with Crippen molar-refractivity contribution >= 4 is 17.4 Å². The van der Waals surface area contributed by atoms with Crippen molar-refractivity contribution in [1.82, 2.24) is 9.97 Å². The first kappa shape index (κ1) is 12.8. The van der Waals surface area contributed by atoms with Gasteiger partial charge in [0.05, 0.1) is 0 Å². The van der Waals surface area contributed by atoms with Gasteiger partial charge in [0.15, 0.2) is 5.82 Å². The number of aromatic nitrogens is 2. The molecule has 18 heavy (non-hydrogen) atoms. The first-order chi connectivity index (χ1) is 8.49. The highest BCUT2D eigenvalue weighted by Gasteiger charge is 2.13. The quantitative estimate of drug-likeness (QED) is 0.894. The predicted octanol–water partition coefficient (Wildman–Crippen LogP) is 3.81. The third kappa shape index (κ3) is 2.46. The molecule has 0 amide bonds. The fraction of sp³-hybridized carbons (Fsp3) is 0.286. The van der Waals surface area contributed by atoms with E-state index in [-0.39, 0.29) is 0 Å². The van der Waals surface area contributed by atoms with E-state index in [1.54, 1.807) is 0 Å². The number of anilines is 1. The van der Waals surface area contributed by atoms with E-state index in [2.05, 4.69) is 23.8 Å². The van der Waals surface area contributed by atoms with Crippen LogP contribution >= 0.6 is 11.6 Å². The molecule has 0 aliphatic heterocycles. The molecule has 0 radical (unpaired) electrons. The van der Waals surface area contributed by atoms with Crippen LogP contribution in [0, 0.1) is 6.92 Å². The SMILES string of the molecule is Cc1nc(-c2ccc(Cl)cc2)nc(N)c1C(C)C. The second kappa shape index (κ2) is 4.94. The van der Waals surface area contributed by atoms with Crippen LogP contribution in [0.15, 0.2) is 24.3 Å². The number of halogens is 1. The van der Waals surface area contributed by atoms with E-state index in [1.165, 1.54) is 0 Å². The van der Waals surface area contributed by atoms with Crippen molar-refractivity contribution in [1.29, 1.82) is 0 Å². The molecule has 0 unspecified atom stereocenters. The van der Waals surface area contributed by atoms with Crippen molar-refractivity contribution in [3.05, 3.63) is 40.5 Å². The summed E-state index contributed by atoms with van der Waals surface area (Å²) in [4.78, 5) is 8.90. The molecule has 0 atom stereocenters. The van der Waals surface area contributed by atoms with Crippen molar-refractivity contribution in [2.45, 2.75) is 26.7 Å². The van der Waals surface area contributed by atoms with E-state index < -0.39 is 0 Å². The van der Waals surface area contributed by atoms with Gasteiger partial charge in [-0.1, -0.05) is 25.4 Å². The molecule has 0 aliphatic rings. The van der Waals surface area contributed by atoms with Crippen LogP contribution in [-0.2, 0) is 0 Å². The summed E-state index contributed by atoms with van der Waals surface area (Å²) in [6, 6.07) is 7.43. The van der Waals surface area contributed by atoms with Crippen molar-refractivity contribution in [3.63, 3.8) is 0 Å². The maximum absolute atomic E-state index is 6.01. The van der Waals surface area contributed by atoms with Gasteiger partial charge in [-0.15, -0.1) is 0 Å². The van der Waals surface area contributed by atoms with Crippen LogP contribution in [0.4, 0.5) is 5.82 Å². The molecule has 0 saturated carbocycles. The third-order valence-electron chi connectivity index (χ3n) is 2.85. The van der Waals surface area contributed by atoms with Crippen LogP contribution in [0.3, 0.4) is 0 Å². The van der Waals surface area contributed by atoms with Crippen LogP contribution in [0.5, 0.6) is 0 Å². The normalized spacial score (nSPS) is 10.9. The molecule has 2 rings (SSSR count). The minimum atomic E-state index is 0.323. The molecule has 1 heterocycles. The molecule has 0 bridgehead atoms. The topological polar surface area (TPSA) is 51.8 Å². The van der Waals surface area contributed by atoms with Gasteiger partial charge in [0.25, 0.3) is 0 Å². The van der Waals surface area contributed by atoms with Gasteiger partial charge in [0.1, 0.15) is 5.82 Å². The molecule has 1 aromatic carbocycles. The molecule has 4 heteroatoms. The van der Waals surface area contributed by atoms with Crippen LogP contribution in [-0.4, -0.2) is 9.97 Å². The standard InChI is InChI=1S/C14H16ClN3/c1-8(2)12-9(3)17-14(18-13(12)16)10-4-6-11(15)7-5-10/h4-8H,1-3H3,(H2,16,17,18). The van der Waals surface area contributed by atoms with Gasteiger partial charge in [-0.2, -0.15) is 0 Å². The molecule has 94 valence electrons. The number of aryl methyl sites for hydroxylation is 1. The summed E-state index contributed by atoms with van der Waals surface area (Å²) >= 11 is 5.86. The Bertz CT molecular complexity index is 539. The van der Waals surface area contributed by atoms with Crippen LogP contribution in [0.1, 0.15) is 31.0 Å². The summed E-state index contributed by atoms with van der Waals surface area (Å²) in [5, 5.41) is 0.697. The molecule has 0 saturated heterocycles. The first-order valence-electron chi connectivity index (χ1n) is 5.89. The summed E-state index contributed by atoms with van der Waals surface area (Å²) < 4.78 is 0. The number of nitrogen functional groups attached to an aromatic ring is 1. The fourth-order valence-electron chi connectivity index (χ4n) is 2.05. The Morgan fingerprint density at radius 1 is 1.11 bits per heavy atom. The molecular weight excluding hydrogens is 246 g/mol. The zero-order valence-corrected chi connectivity index (χ0v) is 11.5. The summed E-state index contributed by atoms with van der Waals surface area (Å²) in [6.45, 7) is 6.14. The van der Waals surface area contributed by atoms with E-state index in [9.17, 15) is 0 Å². The summed E-state index contributed by atoms with van der Waals surface area (Å²) in [7, 11) is 0. The summed E-state index contributed by atoms with van der Waals surface area (Å²) in [5.74, 6) is 1.53. The summed E-state index contributed by atoms with van der Waals surface area (Å²) in [6.07, 6.45) is 0. The van der Waals surface area contributed by atoms with Gasteiger partial charge in [0.2, 0.25) is 0 Å². The lowest BCUT2D eigenvalue weighted by Crippen LogP contribution is -2.06. The highest BCUT2D eigenvalue weighted by Crippen LogP contribution is 2.26. The lowest BCUT2D eigenvalue weighted by molar-refractivity contribution is 0.836. The van der Waals surface area contributed by atoms with E-state index in [0.29, 0.717) is 22.6 Å². The summed E-state index contributed by atoms with van der Waals surface area (Å²) in [5.41, 5.74) is 8.89. The van der Waals surface area contributed by atoms with E-state index in [4.69, 9.17) is 17.3 Å². The number of hydrogen-bond acceptors (Lipinski definition) is 3. The molecule has 1 aromatic heterocycles. The number of hydrogen-bond donors (Lipinski definition) is 1. The largest absolute Gasteiger partial charge is 0.383 e. The van der Waals surface area contributed by atoms with E-state index in [0.717, 1.165) is 16.8 Å². The second-order valence-electron chi connectivity index (χ2n) is 4.59. The Labute approximate surface area is 112 Å². The first-order valence-corrected chi connectivity index (χ1v) is 6.26. The minimum absolute atomic E-state index is 0.323. The fourth-order valence-corrected chi connectivity index (χ4v) is 2.17. The minimum Gasteiger partial charge on any atom is -0.383 e. The maximum atomic E-state index is 6.01. The Kier molecular flexibility index (Phi) is 3.53. The Hall–Kier alpha value is -1.61. The predicted molar refractivity (Wildman–Crippen MR) is 75.7 cm³/mol. The molecule has 2 N–H and O–H groups in total. The van der Waals surface area contributed by atoms with Gasteiger partial charge in [-0.05, 0) is 37.1 Å². The van der Waals surface area contributed by atoms with Gasteiger partial charge < -0.3 is 5.73 Å². The lowest BCUT2D eigenvalue weighted by Gasteiger charge is -2.13. The van der Waals surface area contributed by atoms with Crippen molar-refractivity contribution in [2.75, 3.05) is 5.73 Å². The van der Waals surface area contributed by atoms with Crippen LogP contribution < -0.4 is 5.73 Å². The Morgan fingerprint density at radius 3 is 2.22 bits per heavy atom.